The maximum atomic E-state index is 12.6. The summed E-state index contributed by atoms with van der Waals surface area (Å²) < 4.78 is 31.0. The van der Waals surface area contributed by atoms with Crippen LogP contribution in [0.15, 0.2) is 36.4 Å². The van der Waals surface area contributed by atoms with Gasteiger partial charge >= 0.3 is 0 Å². The minimum Gasteiger partial charge on any atom is -0.495 e. The van der Waals surface area contributed by atoms with Crippen LogP contribution in [0.4, 0.5) is 11.4 Å². The molecule has 26 heavy (non-hydrogen) atoms. The van der Waals surface area contributed by atoms with Crippen LogP contribution in [0, 0.1) is 20.8 Å². The number of amides is 1. The maximum Gasteiger partial charge on any atom is 0.245 e. The summed E-state index contributed by atoms with van der Waals surface area (Å²) in [5.41, 5.74) is 3.57. The van der Waals surface area contributed by atoms with Crippen molar-refractivity contribution in [2.75, 3.05) is 29.5 Å². The number of rotatable bonds is 6. The Kier molecular flexibility index (Phi) is 5.92. The largest absolute Gasteiger partial charge is 0.495 e. The van der Waals surface area contributed by atoms with Crippen molar-refractivity contribution in [3.8, 4) is 5.75 Å². The second-order valence-electron chi connectivity index (χ2n) is 6.26. The maximum absolute atomic E-state index is 12.6. The SMILES string of the molecule is COc1ccc(C)cc1NC(=O)CN(c1c(C)cccc1C)S(C)(=O)=O. The van der Waals surface area contributed by atoms with E-state index in [2.05, 4.69) is 5.32 Å². The lowest BCUT2D eigenvalue weighted by atomic mass is 10.1. The monoisotopic (exact) mass is 376 g/mol. The molecule has 0 fully saturated rings. The molecular formula is C19H24N2O4S. The van der Waals surface area contributed by atoms with Crippen molar-refractivity contribution in [2.24, 2.45) is 0 Å². The minimum absolute atomic E-state index is 0.318. The third-order valence-corrected chi connectivity index (χ3v) is 5.12. The molecule has 0 unspecified atom stereocenters. The van der Waals surface area contributed by atoms with Crippen LogP contribution in [0.1, 0.15) is 16.7 Å². The molecule has 140 valence electrons. The highest BCUT2D eigenvalue weighted by Crippen LogP contribution is 2.28. The number of methoxy groups -OCH3 is 1. The molecule has 0 aromatic heterocycles. The summed E-state index contributed by atoms with van der Waals surface area (Å²) in [4.78, 5) is 12.6. The Morgan fingerprint density at radius 2 is 1.73 bits per heavy atom. The van der Waals surface area contributed by atoms with Gasteiger partial charge in [0.25, 0.3) is 0 Å². The molecule has 1 N–H and O–H groups in total. The molecule has 2 aromatic carbocycles. The molecule has 7 heteroatoms. The van der Waals surface area contributed by atoms with E-state index in [0.29, 0.717) is 17.1 Å². The van der Waals surface area contributed by atoms with Crippen LogP contribution in [0.3, 0.4) is 0 Å². The third-order valence-electron chi connectivity index (χ3n) is 4.01. The van der Waals surface area contributed by atoms with Gasteiger partial charge in [0.15, 0.2) is 0 Å². The Balaban J connectivity index is 2.33. The molecule has 0 aliphatic heterocycles. The number of ether oxygens (including phenoxy) is 1. The smallest absolute Gasteiger partial charge is 0.245 e. The molecule has 0 spiro atoms. The predicted octanol–water partition coefficient (Wildman–Crippen LogP) is 3.03. The minimum atomic E-state index is -3.63. The van der Waals surface area contributed by atoms with E-state index in [1.54, 1.807) is 12.1 Å². The molecule has 0 bridgehead atoms. The predicted molar refractivity (Wildman–Crippen MR) is 104 cm³/mol. The second-order valence-corrected chi connectivity index (χ2v) is 8.17. The van der Waals surface area contributed by atoms with Crippen LogP contribution in [-0.2, 0) is 14.8 Å². The fourth-order valence-electron chi connectivity index (χ4n) is 2.80. The Morgan fingerprint density at radius 3 is 2.27 bits per heavy atom. The van der Waals surface area contributed by atoms with Crippen molar-refractivity contribution >= 4 is 27.3 Å². The van der Waals surface area contributed by atoms with Gasteiger partial charge in [-0.3, -0.25) is 9.10 Å². The van der Waals surface area contributed by atoms with E-state index < -0.39 is 15.9 Å². The van der Waals surface area contributed by atoms with E-state index in [9.17, 15) is 13.2 Å². The fraction of sp³-hybridized carbons (Fsp3) is 0.316. The highest BCUT2D eigenvalue weighted by Gasteiger charge is 2.24. The van der Waals surface area contributed by atoms with Gasteiger partial charge in [0, 0.05) is 0 Å². The molecule has 0 radical (unpaired) electrons. The number of nitrogens with zero attached hydrogens (tertiary/aromatic N) is 1. The summed E-state index contributed by atoms with van der Waals surface area (Å²) in [5, 5.41) is 2.74. The lowest BCUT2D eigenvalue weighted by Crippen LogP contribution is -2.38. The number of nitrogens with one attached hydrogen (secondary N) is 1. The molecule has 0 aliphatic carbocycles. The fourth-order valence-corrected chi connectivity index (χ4v) is 3.77. The van der Waals surface area contributed by atoms with Crippen molar-refractivity contribution in [2.45, 2.75) is 20.8 Å². The van der Waals surface area contributed by atoms with Gasteiger partial charge in [0.05, 0.1) is 24.7 Å². The number of carbonyl (C=O) groups is 1. The summed E-state index contributed by atoms with van der Waals surface area (Å²) in [5.74, 6) is 0.0731. The van der Waals surface area contributed by atoms with E-state index in [-0.39, 0.29) is 6.54 Å². The lowest BCUT2D eigenvalue weighted by molar-refractivity contribution is -0.114. The highest BCUT2D eigenvalue weighted by atomic mass is 32.2. The molecule has 0 heterocycles. The summed E-state index contributed by atoms with van der Waals surface area (Å²) >= 11 is 0. The van der Waals surface area contributed by atoms with Gasteiger partial charge in [-0.1, -0.05) is 24.3 Å². The van der Waals surface area contributed by atoms with Crippen molar-refractivity contribution in [1.82, 2.24) is 0 Å². The molecule has 2 aromatic rings. The Labute approximate surface area is 154 Å². The zero-order valence-corrected chi connectivity index (χ0v) is 16.5. The van der Waals surface area contributed by atoms with Crippen LogP contribution in [-0.4, -0.2) is 34.2 Å². The molecule has 6 nitrogen and oxygen atoms in total. The number of aryl methyl sites for hydroxylation is 3. The van der Waals surface area contributed by atoms with Crippen LogP contribution in [0.2, 0.25) is 0 Å². The van der Waals surface area contributed by atoms with Crippen LogP contribution >= 0.6 is 0 Å². The lowest BCUT2D eigenvalue weighted by Gasteiger charge is -2.25. The van der Waals surface area contributed by atoms with Gasteiger partial charge in [-0.2, -0.15) is 0 Å². The third kappa shape index (κ3) is 4.54. The van der Waals surface area contributed by atoms with Crippen molar-refractivity contribution in [3.63, 3.8) is 0 Å². The number of hydrogen-bond donors (Lipinski definition) is 1. The first-order chi connectivity index (χ1) is 12.1. The average molecular weight is 376 g/mol. The molecule has 0 aliphatic rings. The number of sulfonamides is 1. The normalized spacial score (nSPS) is 11.1. The second kappa shape index (κ2) is 7.78. The standard InChI is InChI=1S/C19H24N2O4S/c1-13-9-10-17(25-4)16(11-13)20-18(22)12-21(26(5,23)24)19-14(2)7-6-8-15(19)3/h6-11H,12H2,1-5H3,(H,20,22). The molecule has 0 atom stereocenters. The Bertz CT molecular complexity index is 903. The number of carbonyl (C=O) groups excluding carboxylic acids is 1. The summed E-state index contributed by atoms with van der Waals surface area (Å²) in [6.07, 6.45) is 1.10. The average Bonchev–Trinajstić information content (AvgIpc) is 2.53. The van der Waals surface area contributed by atoms with Gasteiger partial charge in [0.1, 0.15) is 12.3 Å². The molecule has 2 rings (SSSR count). The van der Waals surface area contributed by atoms with Gasteiger partial charge in [-0.05, 0) is 49.6 Å². The molecule has 0 saturated carbocycles. The summed E-state index contributed by atoms with van der Waals surface area (Å²) in [6, 6.07) is 10.9. The molecule has 1 amide bonds. The van der Waals surface area contributed by atoms with Gasteiger partial charge in [-0.25, -0.2) is 8.42 Å². The summed E-state index contributed by atoms with van der Waals surface area (Å²) in [6.45, 7) is 5.22. The first kappa shape index (κ1) is 19.8. The van der Waals surface area contributed by atoms with E-state index >= 15 is 0 Å². The molecule has 0 saturated heterocycles. The van der Waals surface area contributed by atoms with Gasteiger partial charge in [0.2, 0.25) is 15.9 Å². The van der Waals surface area contributed by atoms with E-state index in [1.807, 2.05) is 45.0 Å². The Morgan fingerprint density at radius 1 is 1.12 bits per heavy atom. The zero-order valence-electron chi connectivity index (χ0n) is 15.7. The van der Waals surface area contributed by atoms with E-state index in [1.165, 1.54) is 7.11 Å². The van der Waals surface area contributed by atoms with Gasteiger partial charge in [-0.15, -0.1) is 0 Å². The summed E-state index contributed by atoms with van der Waals surface area (Å²) in [7, 11) is -2.12. The van der Waals surface area contributed by atoms with Crippen LogP contribution < -0.4 is 14.4 Å². The number of hydrogen-bond acceptors (Lipinski definition) is 4. The topological polar surface area (TPSA) is 75.7 Å². The zero-order chi connectivity index (χ0) is 19.5. The van der Waals surface area contributed by atoms with Crippen LogP contribution in [0.5, 0.6) is 5.75 Å². The first-order valence-corrected chi connectivity index (χ1v) is 9.96. The number of para-hydroxylation sites is 1. The van der Waals surface area contributed by atoms with E-state index in [0.717, 1.165) is 27.3 Å². The van der Waals surface area contributed by atoms with E-state index in [4.69, 9.17) is 4.74 Å². The van der Waals surface area contributed by atoms with Crippen molar-refractivity contribution in [3.05, 3.63) is 53.1 Å². The Hall–Kier alpha value is -2.54. The molecular weight excluding hydrogens is 352 g/mol. The first-order valence-electron chi connectivity index (χ1n) is 8.12. The number of anilines is 2. The van der Waals surface area contributed by atoms with Crippen molar-refractivity contribution < 1.29 is 17.9 Å². The van der Waals surface area contributed by atoms with Crippen LogP contribution in [0.25, 0.3) is 0 Å². The van der Waals surface area contributed by atoms with Gasteiger partial charge < -0.3 is 10.1 Å². The van der Waals surface area contributed by atoms with Crippen molar-refractivity contribution in [1.29, 1.82) is 0 Å². The quantitative estimate of drug-likeness (QED) is 0.841. The number of benzene rings is 2. The highest BCUT2D eigenvalue weighted by molar-refractivity contribution is 7.92.